The molecule has 0 aliphatic heterocycles. The first-order valence-electron chi connectivity index (χ1n) is 9.44. The lowest BCUT2D eigenvalue weighted by Crippen LogP contribution is -2.17. The Morgan fingerprint density at radius 2 is 1.69 bits per heavy atom. The van der Waals surface area contributed by atoms with Crippen molar-refractivity contribution >= 4 is 28.5 Å². The summed E-state index contributed by atoms with van der Waals surface area (Å²) in [4.78, 5) is 39.8. The maximum atomic E-state index is 12.6. The van der Waals surface area contributed by atoms with Crippen LogP contribution in [-0.4, -0.2) is 35.9 Å². The van der Waals surface area contributed by atoms with Crippen LogP contribution in [0.25, 0.3) is 10.8 Å². The zero-order chi connectivity index (χ0) is 21.0. The molecule has 150 valence electrons. The van der Waals surface area contributed by atoms with Crippen molar-refractivity contribution < 1.29 is 23.9 Å². The van der Waals surface area contributed by atoms with E-state index in [1.54, 1.807) is 20.8 Å². The molecule has 1 N–H and O–H groups in total. The number of benzene rings is 2. The van der Waals surface area contributed by atoms with Gasteiger partial charge in [0, 0.05) is 11.3 Å². The Kier molecular flexibility index (Phi) is 6.12. The topological polar surface area (TPSA) is 85.5 Å². The number of Topliss-reactive ketones (excluding diaryl/α,β-unsaturated/α-hetero) is 1. The fourth-order valence-electron chi connectivity index (χ4n) is 3.45. The van der Waals surface area contributed by atoms with Gasteiger partial charge in [0.05, 0.1) is 13.0 Å². The monoisotopic (exact) mass is 393 g/mol. The molecule has 6 nitrogen and oxygen atoms in total. The fourth-order valence-corrected chi connectivity index (χ4v) is 3.45. The van der Waals surface area contributed by atoms with Crippen molar-refractivity contribution in [3.63, 3.8) is 0 Å². The maximum Gasteiger partial charge on any atom is 0.355 e. The van der Waals surface area contributed by atoms with Crippen LogP contribution in [0.5, 0.6) is 0 Å². The third-order valence-electron chi connectivity index (χ3n) is 4.77. The summed E-state index contributed by atoms with van der Waals surface area (Å²) in [6.07, 6.45) is 0.0772. The summed E-state index contributed by atoms with van der Waals surface area (Å²) < 4.78 is 10.2. The SMILES string of the molecule is CCOC(=O)c1[nH]c(C)c(C(=O)COC(=O)Cc2cccc3ccccc23)c1C. The second-order valence-electron chi connectivity index (χ2n) is 6.74. The van der Waals surface area contributed by atoms with Gasteiger partial charge in [-0.2, -0.15) is 0 Å². The lowest BCUT2D eigenvalue weighted by molar-refractivity contribution is -0.141. The standard InChI is InChI=1S/C23H23NO5/c1-4-28-23(27)22-14(2)21(15(3)24-22)19(25)13-29-20(26)12-17-10-7-9-16-8-5-6-11-18(16)17/h5-11,24H,4,12-13H2,1-3H3. The molecule has 2 aromatic carbocycles. The Morgan fingerprint density at radius 1 is 0.966 bits per heavy atom. The minimum Gasteiger partial charge on any atom is -0.461 e. The molecule has 0 amide bonds. The second kappa shape index (κ2) is 8.73. The second-order valence-corrected chi connectivity index (χ2v) is 6.74. The number of hydrogen-bond donors (Lipinski definition) is 1. The van der Waals surface area contributed by atoms with E-state index in [9.17, 15) is 14.4 Å². The van der Waals surface area contributed by atoms with Crippen LogP contribution >= 0.6 is 0 Å². The van der Waals surface area contributed by atoms with Gasteiger partial charge in [-0.1, -0.05) is 42.5 Å². The summed E-state index contributed by atoms with van der Waals surface area (Å²) in [7, 11) is 0. The molecule has 0 radical (unpaired) electrons. The lowest BCUT2D eigenvalue weighted by Gasteiger charge is -2.08. The molecule has 0 saturated carbocycles. The minimum absolute atomic E-state index is 0.0772. The molecule has 6 heteroatoms. The first-order valence-corrected chi connectivity index (χ1v) is 9.44. The molecule has 29 heavy (non-hydrogen) atoms. The van der Waals surface area contributed by atoms with Crippen LogP contribution in [0.15, 0.2) is 42.5 Å². The minimum atomic E-state index is -0.514. The normalized spacial score (nSPS) is 10.7. The summed E-state index contributed by atoms with van der Waals surface area (Å²) in [5, 5.41) is 2.02. The Bertz CT molecular complexity index is 1070. The molecule has 0 unspecified atom stereocenters. The largest absolute Gasteiger partial charge is 0.461 e. The highest BCUT2D eigenvalue weighted by Crippen LogP contribution is 2.21. The van der Waals surface area contributed by atoms with Gasteiger partial charge in [-0.15, -0.1) is 0 Å². The van der Waals surface area contributed by atoms with Gasteiger partial charge in [-0.25, -0.2) is 4.79 Å². The van der Waals surface area contributed by atoms with Gasteiger partial charge in [0.1, 0.15) is 5.69 Å². The zero-order valence-corrected chi connectivity index (χ0v) is 16.7. The van der Waals surface area contributed by atoms with Crippen molar-refractivity contribution in [2.75, 3.05) is 13.2 Å². The van der Waals surface area contributed by atoms with Crippen LogP contribution in [-0.2, 0) is 20.7 Å². The number of fused-ring (bicyclic) bond motifs is 1. The molecule has 0 spiro atoms. The van der Waals surface area contributed by atoms with Crippen molar-refractivity contribution in [1.29, 1.82) is 0 Å². The van der Waals surface area contributed by atoms with E-state index in [0.29, 0.717) is 16.8 Å². The first-order chi connectivity index (χ1) is 13.9. The highest BCUT2D eigenvalue weighted by Gasteiger charge is 2.23. The Balaban J connectivity index is 1.68. The number of nitrogens with one attached hydrogen (secondary N) is 1. The number of carbonyl (C=O) groups excluding carboxylic acids is 3. The molecule has 3 aromatic rings. The predicted octanol–water partition coefficient (Wildman–Crippen LogP) is 3.93. The highest BCUT2D eigenvalue weighted by molar-refractivity contribution is 6.03. The number of rotatable bonds is 7. The zero-order valence-electron chi connectivity index (χ0n) is 16.7. The third-order valence-corrected chi connectivity index (χ3v) is 4.77. The number of carbonyl (C=O) groups is 3. The van der Waals surface area contributed by atoms with E-state index in [1.807, 2.05) is 42.5 Å². The van der Waals surface area contributed by atoms with Crippen LogP contribution in [0.4, 0.5) is 0 Å². The van der Waals surface area contributed by atoms with Gasteiger partial charge in [0.25, 0.3) is 0 Å². The number of H-pyrrole nitrogens is 1. The first kappa shape index (κ1) is 20.3. The van der Waals surface area contributed by atoms with Crippen LogP contribution in [0, 0.1) is 13.8 Å². The lowest BCUT2D eigenvalue weighted by atomic mass is 10.0. The van der Waals surface area contributed by atoms with Crippen LogP contribution in [0.3, 0.4) is 0 Å². The van der Waals surface area contributed by atoms with Crippen molar-refractivity contribution in [1.82, 2.24) is 4.98 Å². The molecule has 1 heterocycles. The third kappa shape index (κ3) is 4.37. The fraction of sp³-hybridized carbons (Fsp3) is 0.261. The molecule has 0 aliphatic carbocycles. The molecule has 0 aliphatic rings. The molecule has 0 saturated heterocycles. The van der Waals surface area contributed by atoms with Gasteiger partial charge in [-0.05, 0) is 42.7 Å². The number of aromatic nitrogens is 1. The molecule has 0 atom stereocenters. The summed E-state index contributed by atoms with van der Waals surface area (Å²) in [5.41, 5.74) is 2.48. The number of aryl methyl sites for hydroxylation is 1. The number of ketones is 1. The summed E-state index contributed by atoms with van der Waals surface area (Å²) in [5.74, 6) is -1.36. The van der Waals surface area contributed by atoms with Crippen molar-refractivity contribution in [2.45, 2.75) is 27.2 Å². The molecular weight excluding hydrogens is 370 g/mol. The molecule has 3 rings (SSSR count). The molecule has 0 fully saturated rings. The summed E-state index contributed by atoms with van der Waals surface area (Å²) in [6.45, 7) is 4.93. The smallest absolute Gasteiger partial charge is 0.355 e. The summed E-state index contributed by atoms with van der Waals surface area (Å²) in [6, 6.07) is 13.5. The highest BCUT2D eigenvalue weighted by atomic mass is 16.5. The Labute approximate surface area is 168 Å². The van der Waals surface area contributed by atoms with E-state index in [4.69, 9.17) is 9.47 Å². The quantitative estimate of drug-likeness (QED) is 0.486. The van der Waals surface area contributed by atoms with Crippen LogP contribution < -0.4 is 0 Å². The number of aromatic amines is 1. The number of esters is 2. The van der Waals surface area contributed by atoms with Gasteiger partial charge in [-0.3, -0.25) is 9.59 Å². The van der Waals surface area contributed by atoms with Gasteiger partial charge in [0.15, 0.2) is 6.61 Å². The number of hydrogen-bond acceptors (Lipinski definition) is 5. The molecule has 1 aromatic heterocycles. The van der Waals surface area contributed by atoms with Gasteiger partial charge >= 0.3 is 11.9 Å². The van der Waals surface area contributed by atoms with E-state index in [2.05, 4.69) is 4.98 Å². The van der Waals surface area contributed by atoms with Crippen LogP contribution in [0.1, 0.15) is 44.6 Å². The van der Waals surface area contributed by atoms with Crippen LogP contribution in [0.2, 0.25) is 0 Å². The Hall–Kier alpha value is -3.41. The van der Waals surface area contributed by atoms with Crippen molar-refractivity contribution in [2.24, 2.45) is 0 Å². The molecule has 0 bridgehead atoms. The van der Waals surface area contributed by atoms with E-state index in [-0.39, 0.29) is 31.1 Å². The average Bonchev–Trinajstić information content (AvgIpc) is 3.01. The average molecular weight is 393 g/mol. The van der Waals surface area contributed by atoms with Crippen molar-refractivity contribution in [3.05, 3.63) is 70.5 Å². The number of ether oxygens (including phenoxy) is 2. The summed E-state index contributed by atoms with van der Waals surface area (Å²) >= 11 is 0. The predicted molar refractivity (Wildman–Crippen MR) is 109 cm³/mol. The van der Waals surface area contributed by atoms with Gasteiger partial charge in [0.2, 0.25) is 5.78 Å². The maximum absolute atomic E-state index is 12.6. The van der Waals surface area contributed by atoms with E-state index in [1.165, 1.54) is 0 Å². The van der Waals surface area contributed by atoms with E-state index >= 15 is 0 Å². The Morgan fingerprint density at radius 3 is 2.45 bits per heavy atom. The van der Waals surface area contributed by atoms with Gasteiger partial charge < -0.3 is 14.5 Å². The molecular formula is C23H23NO5. The van der Waals surface area contributed by atoms with E-state index < -0.39 is 11.9 Å². The van der Waals surface area contributed by atoms with E-state index in [0.717, 1.165) is 16.3 Å². The van der Waals surface area contributed by atoms with Crippen molar-refractivity contribution in [3.8, 4) is 0 Å².